The van der Waals surface area contributed by atoms with E-state index in [2.05, 4.69) is 9.97 Å². The van der Waals surface area contributed by atoms with Crippen LogP contribution in [0.5, 0.6) is 5.88 Å². The standard InChI is InChI=1S/C14H13F4N3O/c1-3-22-12-11(14(16,17)18)8-19-13(20-12)21(2)10-6-4-5-9(15)7-10/h4-8H,3H2,1-2H3. The zero-order chi connectivity index (χ0) is 16.3. The zero-order valence-corrected chi connectivity index (χ0v) is 11.9. The number of rotatable bonds is 4. The molecule has 0 saturated carbocycles. The van der Waals surface area contributed by atoms with Gasteiger partial charge in [0.05, 0.1) is 6.61 Å². The van der Waals surface area contributed by atoms with Gasteiger partial charge in [-0.05, 0) is 25.1 Å². The first-order valence-corrected chi connectivity index (χ1v) is 6.39. The van der Waals surface area contributed by atoms with Crippen molar-refractivity contribution in [2.75, 3.05) is 18.6 Å². The number of benzene rings is 1. The quantitative estimate of drug-likeness (QED) is 0.804. The van der Waals surface area contributed by atoms with Gasteiger partial charge in [0.25, 0.3) is 0 Å². The third-order valence-corrected chi connectivity index (χ3v) is 2.82. The molecule has 2 rings (SSSR count). The number of aromatic nitrogens is 2. The van der Waals surface area contributed by atoms with Gasteiger partial charge < -0.3 is 9.64 Å². The smallest absolute Gasteiger partial charge is 0.423 e. The molecule has 0 aliphatic rings. The Bertz CT molecular complexity index is 661. The van der Waals surface area contributed by atoms with Gasteiger partial charge in [-0.3, -0.25) is 0 Å². The number of nitrogens with zero attached hydrogens (tertiary/aromatic N) is 3. The van der Waals surface area contributed by atoms with E-state index in [0.29, 0.717) is 11.9 Å². The topological polar surface area (TPSA) is 38.2 Å². The number of hydrogen-bond acceptors (Lipinski definition) is 4. The summed E-state index contributed by atoms with van der Waals surface area (Å²) in [4.78, 5) is 8.84. The predicted molar refractivity (Wildman–Crippen MR) is 72.7 cm³/mol. The van der Waals surface area contributed by atoms with E-state index in [0.717, 1.165) is 0 Å². The second kappa shape index (κ2) is 6.17. The molecule has 0 unspecified atom stereocenters. The average molecular weight is 315 g/mol. The lowest BCUT2D eigenvalue weighted by Gasteiger charge is -2.19. The summed E-state index contributed by atoms with van der Waals surface area (Å²) in [5.74, 6) is -1.05. The first-order chi connectivity index (χ1) is 10.3. The number of anilines is 2. The monoisotopic (exact) mass is 315 g/mol. The summed E-state index contributed by atoms with van der Waals surface area (Å²) in [6, 6.07) is 5.55. The molecule has 1 aromatic heterocycles. The molecule has 0 saturated heterocycles. The molecule has 2 aromatic rings. The van der Waals surface area contributed by atoms with Gasteiger partial charge in [0.15, 0.2) is 0 Å². The normalized spacial score (nSPS) is 11.4. The number of ether oxygens (including phenoxy) is 1. The van der Waals surface area contributed by atoms with E-state index in [1.165, 1.54) is 30.1 Å². The van der Waals surface area contributed by atoms with Crippen molar-refractivity contribution < 1.29 is 22.3 Å². The van der Waals surface area contributed by atoms with Crippen molar-refractivity contribution in [2.24, 2.45) is 0 Å². The molecular formula is C14H13F4N3O. The largest absolute Gasteiger partial charge is 0.477 e. The van der Waals surface area contributed by atoms with E-state index in [-0.39, 0.29) is 12.6 Å². The minimum absolute atomic E-state index is 0.0259. The van der Waals surface area contributed by atoms with Gasteiger partial charge in [-0.15, -0.1) is 0 Å². The van der Waals surface area contributed by atoms with Gasteiger partial charge in [-0.25, -0.2) is 9.37 Å². The molecule has 118 valence electrons. The van der Waals surface area contributed by atoms with Crippen LogP contribution in [0.4, 0.5) is 29.2 Å². The highest BCUT2D eigenvalue weighted by molar-refractivity contribution is 5.56. The van der Waals surface area contributed by atoms with Crippen molar-refractivity contribution in [1.82, 2.24) is 9.97 Å². The van der Waals surface area contributed by atoms with Gasteiger partial charge in [0.1, 0.15) is 11.4 Å². The van der Waals surface area contributed by atoms with Crippen molar-refractivity contribution >= 4 is 11.6 Å². The van der Waals surface area contributed by atoms with Crippen molar-refractivity contribution in [1.29, 1.82) is 0 Å². The van der Waals surface area contributed by atoms with Crippen LogP contribution in [-0.2, 0) is 6.18 Å². The maximum absolute atomic E-state index is 13.2. The molecule has 0 spiro atoms. The third-order valence-electron chi connectivity index (χ3n) is 2.82. The minimum Gasteiger partial charge on any atom is -0.477 e. The number of alkyl halides is 3. The fourth-order valence-electron chi connectivity index (χ4n) is 1.76. The molecule has 22 heavy (non-hydrogen) atoms. The Hall–Kier alpha value is -2.38. The lowest BCUT2D eigenvalue weighted by molar-refractivity contribution is -0.139. The van der Waals surface area contributed by atoms with Crippen LogP contribution in [0.3, 0.4) is 0 Å². The van der Waals surface area contributed by atoms with E-state index >= 15 is 0 Å². The summed E-state index contributed by atoms with van der Waals surface area (Å²) in [6.45, 7) is 1.58. The molecule has 0 fully saturated rings. The molecule has 0 atom stereocenters. The number of halogens is 4. The van der Waals surface area contributed by atoms with Gasteiger partial charge in [-0.2, -0.15) is 18.2 Å². The SMILES string of the molecule is CCOc1nc(N(C)c2cccc(F)c2)ncc1C(F)(F)F. The molecule has 4 nitrogen and oxygen atoms in total. The zero-order valence-electron chi connectivity index (χ0n) is 11.9. The first-order valence-electron chi connectivity index (χ1n) is 6.39. The summed E-state index contributed by atoms with van der Waals surface area (Å²) in [6.07, 6.45) is -3.95. The molecule has 1 heterocycles. The predicted octanol–water partition coefficient (Wildman–Crippen LogP) is 3.80. The van der Waals surface area contributed by atoms with Crippen molar-refractivity contribution in [3.63, 3.8) is 0 Å². The van der Waals surface area contributed by atoms with Gasteiger partial charge >= 0.3 is 6.18 Å². The van der Waals surface area contributed by atoms with Crippen LogP contribution in [0.1, 0.15) is 12.5 Å². The van der Waals surface area contributed by atoms with Crippen molar-refractivity contribution in [3.8, 4) is 5.88 Å². The van der Waals surface area contributed by atoms with E-state index in [1.807, 2.05) is 0 Å². The van der Waals surface area contributed by atoms with E-state index in [4.69, 9.17) is 4.74 Å². The van der Waals surface area contributed by atoms with Crippen LogP contribution in [0.2, 0.25) is 0 Å². The molecule has 0 radical (unpaired) electrons. The molecular weight excluding hydrogens is 302 g/mol. The first kappa shape index (κ1) is 16.0. The molecule has 0 aliphatic heterocycles. The summed E-state index contributed by atoms with van der Waals surface area (Å²) in [5, 5.41) is 0. The lowest BCUT2D eigenvalue weighted by Crippen LogP contribution is -2.17. The van der Waals surface area contributed by atoms with Crippen LogP contribution in [0.15, 0.2) is 30.5 Å². The van der Waals surface area contributed by atoms with E-state index in [9.17, 15) is 17.6 Å². The Kier molecular flexibility index (Phi) is 4.48. The van der Waals surface area contributed by atoms with Crippen molar-refractivity contribution in [2.45, 2.75) is 13.1 Å². The fraction of sp³-hybridized carbons (Fsp3) is 0.286. The van der Waals surface area contributed by atoms with Gasteiger partial charge in [0.2, 0.25) is 11.8 Å². The van der Waals surface area contributed by atoms with Crippen LogP contribution in [0.25, 0.3) is 0 Å². The maximum Gasteiger partial charge on any atom is 0.423 e. The van der Waals surface area contributed by atoms with Crippen LogP contribution in [-0.4, -0.2) is 23.6 Å². The highest BCUT2D eigenvalue weighted by Crippen LogP contribution is 2.36. The Morgan fingerprint density at radius 3 is 2.59 bits per heavy atom. The second-order valence-corrected chi connectivity index (χ2v) is 4.36. The third kappa shape index (κ3) is 3.44. The maximum atomic E-state index is 13.2. The minimum atomic E-state index is -4.61. The molecule has 0 aliphatic carbocycles. The second-order valence-electron chi connectivity index (χ2n) is 4.36. The summed E-state index contributed by atoms with van der Waals surface area (Å²) >= 11 is 0. The highest BCUT2D eigenvalue weighted by atomic mass is 19.4. The van der Waals surface area contributed by atoms with Crippen molar-refractivity contribution in [3.05, 3.63) is 41.8 Å². The van der Waals surface area contributed by atoms with Gasteiger partial charge in [-0.1, -0.05) is 6.07 Å². The Morgan fingerprint density at radius 2 is 2.00 bits per heavy atom. The summed E-state index contributed by atoms with van der Waals surface area (Å²) in [5.41, 5.74) is -0.645. The number of hydrogen-bond donors (Lipinski definition) is 0. The molecule has 0 N–H and O–H groups in total. The average Bonchev–Trinajstić information content (AvgIpc) is 2.45. The lowest BCUT2D eigenvalue weighted by atomic mass is 10.3. The summed E-state index contributed by atoms with van der Waals surface area (Å²) in [7, 11) is 1.52. The molecule has 1 aromatic carbocycles. The fourth-order valence-corrected chi connectivity index (χ4v) is 1.76. The summed E-state index contributed by atoms with van der Waals surface area (Å²) < 4.78 is 56.7. The Morgan fingerprint density at radius 1 is 1.27 bits per heavy atom. The Balaban J connectivity index is 2.42. The van der Waals surface area contributed by atoms with E-state index in [1.54, 1.807) is 13.0 Å². The Labute approximate surface area is 124 Å². The molecule has 0 amide bonds. The van der Waals surface area contributed by atoms with Crippen LogP contribution < -0.4 is 9.64 Å². The van der Waals surface area contributed by atoms with Crippen LogP contribution >= 0.6 is 0 Å². The molecule has 8 heteroatoms. The molecule has 0 bridgehead atoms. The van der Waals surface area contributed by atoms with E-state index < -0.39 is 23.4 Å². The van der Waals surface area contributed by atoms with Gasteiger partial charge in [0, 0.05) is 18.9 Å². The van der Waals surface area contributed by atoms with Crippen LogP contribution in [0, 0.1) is 5.82 Å². The highest BCUT2D eigenvalue weighted by Gasteiger charge is 2.36.